The van der Waals surface area contributed by atoms with E-state index < -0.39 is 22.7 Å². The molecule has 0 radical (unpaired) electrons. The van der Waals surface area contributed by atoms with Crippen molar-refractivity contribution in [1.29, 1.82) is 0 Å². The molecule has 15 heavy (non-hydrogen) atoms. The number of aromatic nitrogens is 1. The van der Waals surface area contributed by atoms with Gasteiger partial charge in [0.15, 0.2) is 5.69 Å². The molecule has 0 N–H and O–H groups in total. The van der Waals surface area contributed by atoms with Gasteiger partial charge in [0, 0.05) is 11.6 Å². The van der Waals surface area contributed by atoms with Crippen molar-refractivity contribution in [3.8, 4) is 0 Å². The van der Waals surface area contributed by atoms with Gasteiger partial charge in [-0.05, 0) is 22.6 Å². The number of hydrogen-bond acceptors (Lipinski definition) is 3. The molecular formula is C7H4ClF2IN2O2. The van der Waals surface area contributed by atoms with E-state index in [1.165, 1.54) is 0 Å². The van der Waals surface area contributed by atoms with Gasteiger partial charge in [-0.2, -0.15) is 0 Å². The molecule has 8 heteroatoms. The van der Waals surface area contributed by atoms with E-state index in [1.54, 1.807) is 22.6 Å². The Morgan fingerprint density at radius 2 is 2.27 bits per heavy atom. The normalized spacial score (nSPS) is 10.7. The van der Waals surface area contributed by atoms with E-state index in [1.807, 2.05) is 0 Å². The Balaban J connectivity index is 3.39. The zero-order chi connectivity index (χ0) is 11.6. The van der Waals surface area contributed by atoms with Crippen LogP contribution >= 0.6 is 34.2 Å². The fourth-order valence-electron chi connectivity index (χ4n) is 0.934. The van der Waals surface area contributed by atoms with Gasteiger partial charge in [-0.15, -0.1) is 11.6 Å². The fourth-order valence-corrected chi connectivity index (χ4v) is 1.97. The van der Waals surface area contributed by atoms with Crippen LogP contribution in [0.1, 0.15) is 17.7 Å². The van der Waals surface area contributed by atoms with Gasteiger partial charge in [0.05, 0.1) is 10.8 Å². The Morgan fingerprint density at radius 3 is 2.67 bits per heavy atom. The van der Waals surface area contributed by atoms with Crippen LogP contribution in [-0.2, 0) is 5.88 Å². The number of nitrogens with zero attached hydrogens (tertiary/aromatic N) is 2. The van der Waals surface area contributed by atoms with E-state index in [0.717, 1.165) is 6.07 Å². The zero-order valence-corrected chi connectivity index (χ0v) is 10.00. The van der Waals surface area contributed by atoms with Crippen LogP contribution in [0.2, 0.25) is 0 Å². The highest BCUT2D eigenvalue weighted by atomic mass is 127. The van der Waals surface area contributed by atoms with Gasteiger partial charge in [-0.3, -0.25) is 10.1 Å². The average Bonchev–Trinajstić information content (AvgIpc) is 2.16. The summed E-state index contributed by atoms with van der Waals surface area (Å²) in [7, 11) is 0. The van der Waals surface area contributed by atoms with Crippen molar-refractivity contribution in [2.45, 2.75) is 12.3 Å². The molecule has 0 aromatic carbocycles. The molecule has 0 aliphatic carbocycles. The molecule has 4 nitrogen and oxygen atoms in total. The van der Waals surface area contributed by atoms with Crippen molar-refractivity contribution in [2.75, 3.05) is 0 Å². The molecule has 1 rings (SSSR count). The van der Waals surface area contributed by atoms with Crippen molar-refractivity contribution >= 4 is 39.9 Å². The van der Waals surface area contributed by atoms with Gasteiger partial charge >= 0.3 is 0 Å². The summed E-state index contributed by atoms with van der Waals surface area (Å²) in [6, 6.07) is 1.03. The monoisotopic (exact) mass is 348 g/mol. The second-order valence-corrected chi connectivity index (χ2v) is 3.82. The quantitative estimate of drug-likeness (QED) is 0.277. The predicted octanol–water partition coefficient (Wildman–Crippen LogP) is 3.27. The van der Waals surface area contributed by atoms with E-state index in [2.05, 4.69) is 4.98 Å². The van der Waals surface area contributed by atoms with Crippen LogP contribution in [0.15, 0.2) is 6.07 Å². The fraction of sp³-hybridized carbons (Fsp3) is 0.286. The third kappa shape index (κ3) is 2.71. The molecule has 0 saturated heterocycles. The van der Waals surface area contributed by atoms with Crippen molar-refractivity contribution < 1.29 is 13.7 Å². The van der Waals surface area contributed by atoms with Gasteiger partial charge in [0.25, 0.3) is 12.1 Å². The van der Waals surface area contributed by atoms with E-state index >= 15 is 0 Å². The van der Waals surface area contributed by atoms with Gasteiger partial charge in [0.2, 0.25) is 0 Å². The summed E-state index contributed by atoms with van der Waals surface area (Å²) >= 11 is 7.19. The first-order valence-electron chi connectivity index (χ1n) is 3.65. The Kier molecular flexibility index (Phi) is 4.14. The second-order valence-electron chi connectivity index (χ2n) is 2.53. The Labute approximate surface area is 102 Å². The second kappa shape index (κ2) is 4.97. The summed E-state index contributed by atoms with van der Waals surface area (Å²) in [6.45, 7) is 0. The third-order valence-electron chi connectivity index (χ3n) is 1.60. The maximum atomic E-state index is 12.4. The Bertz CT molecular complexity index is 403. The number of halogens is 4. The maximum Gasteiger partial charge on any atom is 0.297 e. The van der Waals surface area contributed by atoms with Crippen LogP contribution < -0.4 is 0 Å². The lowest BCUT2D eigenvalue weighted by atomic mass is 10.2. The number of nitro groups is 1. The molecule has 0 amide bonds. The molecular weight excluding hydrogens is 344 g/mol. The molecule has 1 aromatic heterocycles. The largest absolute Gasteiger partial charge is 0.297 e. The van der Waals surface area contributed by atoms with Crippen LogP contribution in [0, 0.1) is 13.8 Å². The number of hydrogen-bond donors (Lipinski definition) is 0. The summed E-state index contributed by atoms with van der Waals surface area (Å²) in [5.41, 5.74) is -1.15. The van der Waals surface area contributed by atoms with Crippen LogP contribution in [0.4, 0.5) is 14.5 Å². The van der Waals surface area contributed by atoms with E-state index in [4.69, 9.17) is 11.6 Å². The Hall–Kier alpha value is -0.570. The molecule has 0 bridgehead atoms. The van der Waals surface area contributed by atoms with E-state index in [-0.39, 0.29) is 9.58 Å². The summed E-state index contributed by atoms with van der Waals surface area (Å²) in [5, 5.41) is 10.5. The van der Waals surface area contributed by atoms with E-state index in [9.17, 15) is 18.9 Å². The van der Waals surface area contributed by atoms with Crippen molar-refractivity contribution in [3.05, 3.63) is 31.1 Å². The van der Waals surface area contributed by atoms with Crippen LogP contribution in [0.25, 0.3) is 0 Å². The minimum Gasteiger partial charge on any atom is -0.258 e. The van der Waals surface area contributed by atoms with Crippen molar-refractivity contribution in [3.63, 3.8) is 0 Å². The molecule has 0 saturated carbocycles. The van der Waals surface area contributed by atoms with Crippen LogP contribution in [0.3, 0.4) is 0 Å². The predicted molar refractivity (Wildman–Crippen MR) is 58.1 cm³/mol. The summed E-state index contributed by atoms with van der Waals surface area (Å²) in [6.07, 6.45) is -2.97. The standard InChI is InChI=1S/C7H4ClF2IN2O2/c8-2-3-1-4(13(14)15)5(6(9)10)12-7(3)11/h1,6H,2H2. The lowest BCUT2D eigenvalue weighted by Gasteiger charge is -2.04. The smallest absolute Gasteiger partial charge is 0.258 e. The molecule has 0 aliphatic heterocycles. The highest BCUT2D eigenvalue weighted by Crippen LogP contribution is 2.29. The lowest BCUT2D eigenvalue weighted by Crippen LogP contribution is -2.03. The minimum absolute atomic E-state index is 0.00433. The first kappa shape index (κ1) is 12.5. The van der Waals surface area contributed by atoms with Crippen molar-refractivity contribution in [2.24, 2.45) is 0 Å². The maximum absolute atomic E-state index is 12.4. The molecule has 1 aromatic rings. The molecule has 0 aliphatic rings. The molecule has 0 unspecified atom stereocenters. The molecule has 1 heterocycles. The molecule has 0 spiro atoms. The first-order valence-corrected chi connectivity index (χ1v) is 5.26. The minimum atomic E-state index is -2.97. The van der Waals surface area contributed by atoms with E-state index in [0.29, 0.717) is 5.56 Å². The number of rotatable bonds is 3. The number of pyridine rings is 1. The Morgan fingerprint density at radius 1 is 1.67 bits per heavy atom. The molecule has 0 atom stereocenters. The van der Waals surface area contributed by atoms with Crippen molar-refractivity contribution in [1.82, 2.24) is 4.98 Å². The SMILES string of the molecule is O=[N+]([O-])c1cc(CCl)c(I)nc1C(F)F. The van der Waals surface area contributed by atoms with Crippen LogP contribution in [0.5, 0.6) is 0 Å². The van der Waals surface area contributed by atoms with Gasteiger partial charge in [0.1, 0.15) is 3.70 Å². The average molecular weight is 348 g/mol. The summed E-state index contributed by atoms with van der Waals surface area (Å²) < 4.78 is 25.1. The molecule has 82 valence electrons. The number of alkyl halides is 3. The van der Waals surface area contributed by atoms with Gasteiger partial charge in [-0.25, -0.2) is 13.8 Å². The zero-order valence-electron chi connectivity index (χ0n) is 7.08. The highest BCUT2D eigenvalue weighted by Gasteiger charge is 2.25. The molecule has 0 fully saturated rings. The summed E-state index contributed by atoms with van der Waals surface area (Å²) in [5.74, 6) is -0.00433. The van der Waals surface area contributed by atoms with Crippen LogP contribution in [-0.4, -0.2) is 9.91 Å². The highest BCUT2D eigenvalue weighted by molar-refractivity contribution is 14.1. The lowest BCUT2D eigenvalue weighted by molar-refractivity contribution is -0.386. The topological polar surface area (TPSA) is 56.0 Å². The third-order valence-corrected chi connectivity index (χ3v) is 2.83. The summed E-state index contributed by atoms with van der Waals surface area (Å²) in [4.78, 5) is 13.1. The van der Waals surface area contributed by atoms with Gasteiger partial charge < -0.3 is 0 Å². The first-order chi connectivity index (χ1) is 6.97. The van der Waals surface area contributed by atoms with Gasteiger partial charge in [-0.1, -0.05) is 0 Å².